The van der Waals surface area contributed by atoms with Gasteiger partial charge in [-0.2, -0.15) is 0 Å². The van der Waals surface area contributed by atoms with Crippen molar-refractivity contribution in [3.05, 3.63) is 146 Å². The molecule has 0 spiro atoms. The summed E-state index contributed by atoms with van der Waals surface area (Å²) in [5.41, 5.74) is 7.33. The number of hydrogen-bond acceptors (Lipinski definition) is 0. The Morgan fingerprint density at radius 2 is 0.800 bits per heavy atom. The van der Waals surface area contributed by atoms with Crippen LogP contribution in [0.3, 0.4) is 0 Å². The van der Waals surface area contributed by atoms with Gasteiger partial charge in [0.25, 0.3) is 0 Å². The molecule has 0 aliphatic heterocycles. The molecule has 0 amide bonds. The van der Waals surface area contributed by atoms with Crippen molar-refractivity contribution in [3.63, 3.8) is 0 Å². The number of hydrogen-bond donors (Lipinski definition) is 0. The maximum absolute atomic E-state index is 2.48. The molecule has 0 unspecified atom stereocenters. The Labute approximate surface area is 230 Å². The molecule has 0 saturated carbocycles. The van der Waals surface area contributed by atoms with Crippen LogP contribution >= 0.6 is 0 Å². The van der Waals surface area contributed by atoms with Gasteiger partial charge in [-0.05, 0) is 47.2 Å². The molecule has 2 heteroatoms. The van der Waals surface area contributed by atoms with E-state index >= 15 is 0 Å². The molecule has 0 aliphatic rings. The molecule has 0 atom stereocenters. The zero-order chi connectivity index (χ0) is 26.2. The van der Waals surface area contributed by atoms with Crippen LogP contribution in [-0.2, 0) is 0 Å². The highest BCUT2D eigenvalue weighted by Crippen LogP contribution is 2.46. The molecule has 0 saturated heterocycles. The maximum atomic E-state index is 2.48. The van der Waals surface area contributed by atoms with Crippen LogP contribution in [0.5, 0.6) is 0 Å². The van der Waals surface area contributed by atoms with Gasteiger partial charge in [0.05, 0.1) is 22.1 Å². The fourth-order valence-corrected chi connectivity index (χ4v) is 6.82. The number of fused-ring (bicyclic) bond motifs is 11. The fraction of sp³-hybridized carbons (Fsp3) is 0. The van der Waals surface area contributed by atoms with E-state index in [1.54, 1.807) is 0 Å². The van der Waals surface area contributed by atoms with E-state index in [9.17, 15) is 0 Å². The third-order valence-corrected chi connectivity index (χ3v) is 8.44. The number of benzene rings is 7. The quantitative estimate of drug-likeness (QED) is 0.220. The lowest BCUT2D eigenvalue weighted by Crippen LogP contribution is -1.96. The first kappa shape index (κ1) is 21.6. The zero-order valence-electron chi connectivity index (χ0n) is 21.8. The van der Waals surface area contributed by atoms with Crippen LogP contribution in [0.25, 0.3) is 76.5 Å². The van der Waals surface area contributed by atoms with Gasteiger partial charge >= 0.3 is 0 Å². The van der Waals surface area contributed by atoms with E-state index < -0.39 is 0 Å². The van der Waals surface area contributed by atoms with E-state index in [0.717, 1.165) is 0 Å². The van der Waals surface area contributed by atoms with E-state index in [4.69, 9.17) is 0 Å². The van der Waals surface area contributed by atoms with E-state index in [-0.39, 0.29) is 0 Å². The van der Waals surface area contributed by atoms with Gasteiger partial charge in [0.1, 0.15) is 0 Å². The Balaban J connectivity index is 1.59. The van der Waals surface area contributed by atoms with Crippen molar-refractivity contribution in [3.8, 4) is 11.4 Å². The van der Waals surface area contributed by atoms with Crippen LogP contribution in [0.15, 0.2) is 146 Å². The van der Waals surface area contributed by atoms with Crippen LogP contribution in [0, 0.1) is 0 Å². The summed E-state index contributed by atoms with van der Waals surface area (Å²) in [5.74, 6) is 0. The molecule has 9 aromatic rings. The van der Waals surface area contributed by atoms with Gasteiger partial charge in [0, 0.05) is 43.7 Å². The molecule has 0 N–H and O–H groups in total. The minimum absolute atomic E-state index is 1.18. The molecule has 0 radical (unpaired) electrons. The van der Waals surface area contributed by atoms with E-state index in [1.165, 1.54) is 76.5 Å². The van der Waals surface area contributed by atoms with E-state index in [2.05, 4.69) is 155 Å². The highest BCUT2D eigenvalue weighted by Gasteiger charge is 2.23. The predicted molar refractivity (Wildman–Crippen MR) is 170 cm³/mol. The minimum Gasteiger partial charge on any atom is -0.309 e. The molecule has 9 rings (SSSR count). The Bertz CT molecular complexity index is 2420. The second kappa shape index (κ2) is 8.08. The third kappa shape index (κ3) is 2.82. The summed E-state index contributed by atoms with van der Waals surface area (Å²) >= 11 is 0. The molecule has 0 bridgehead atoms. The monoisotopic (exact) mass is 508 g/mol. The van der Waals surface area contributed by atoms with Gasteiger partial charge in [0.15, 0.2) is 0 Å². The average molecular weight is 509 g/mol. The first-order chi connectivity index (χ1) is 19.9. The zero-order valence-corrected chi connectivity index (χ0v) is 21.8. The van der Waals surface area contributed by atoms with Crippen LogP contribution in [0.1, 0.15) is 0 Å². The van der Waals surface area contributed by atoms with Gasteiger partial charge < -0.3 is 9.13 Å². The van der Waals surface area contributed by atoms with Crippen LogP contribution in [0.4, 0.5) is 0 Å². The largest absolute Gasteiger partial charge is 0.309 e. The molecule has 0 fully saturated rings. The standard InChI is InChI=1S/C38H24N2/c1-2-14-27(15-3-1)39-33-20-10-8-18-31(33)35-36-32-19-9-11-21-34(32)40(28-23-22-25-12-4-5-13-26(25)24-28)38(36)30-17-7-6-16-29(30)37(35)39/h1-24H. The molecular weight excluding hydrogens is 484 g/mol. The summed E-state index contributed by atoms with van der Waals surface area (Å²) in [6, 6.07) is 52.9. The second-order valence-corrected chi connectivity index (χ2v) is 10.6. The summed E-state index contributed by atoms with van der Waals surface area (Å²) in [4.78, 5) is 0. The highest BCUT2D eigenvalue weighted by atomic mass is 15.0. The third-order valence-electron chi connectivity index (χ3n) is 8.44. The fourth-order valence-electron chi connectivity index (χ4n) is 6.82. The molecule has 186 valence electrons. The Morgan fingerprint density at radius 3 is 1.43 bits per heavy atom. The molecule has 7 aromatic carbocycles. The van der Waals surface area contributed by atoms with Crippen molar-refractivity contribution in [1.29, 1.82) is 0 Å². The van der Waals surface area contributed by atoms with Crippen LogP contribution < -0.4 is 0 Å². The Hall–Kier alpha value is -5.34. The van der Waals surface area contributed by atoms with Gasteiger partial charge in [-0.1, -0.05) is 109 Å². The normalized spacial score (nSPS) is 12.0. The average Bonchev–Trinajstić information content (AvgIpc) is 3.55. The lowest BCUT2D eigenvalue weighted by Gasteiger charge is -2.13. The summed E-state index contributed by atoms with van der Waals surface area (Å²) in [6.07, 6.45) is 0. The predicted octanol–water partition coefficient (Wildman–Crippen LogP) is 10.2. The van der Waals surface area contributed by atoms with Crippen molar-refractivity contribution >= 4 is 65.2 Å². The minimum atomic E-state index is 1.18. The van der Waals surface area contributed by atoms with Crippen LogP contribution in [0.2, 0.25) is 0 Å². The summed E-state index contributed by atoms with van der Waals surface area (Å²) in [5, 5.41) is 10.2. The highest BCUT2D eigenvalue weighted by molar-refractivity contribution is 6.37. The molecule has 2 heterocycles. The van der Waals surface area contributed by atoms with Crippen molar-refractivity contribution in [2.75, 3.05) is 0 Å². The number of para-hydroxylation sites is 3. The Kier molecular flexibility index (Phi) is 4.36. The van der Waals surface area contributed by atoms with Crippen molar-refractivity contribution < 1.29 is 0 Å². The molecule has 2 nitrogen and oxygen atoms in total. The van der Waals surface area contributed by atoms with E-state index in [1.807, 2.05) is 0 Å². The van der Waals surface area contributed by atoms with Crippen molar-refractivity contribution in [2.45, 2.75) is 0 Å². The molecule has 40 heavy (non-hydrogen) atoms. The smallest absolute Gasteiger partial charge is 0.0627 e. The number of nitrogens with zero attached hydrogens (tertiary/aromatic N) is 2. The van der Waals surface area contributed by atoms with Crippen molar-refractivity contribution in [1.82, 2.24) is 9.13 Å². The molecule has 2 aromatic heterocycles. The molecular formula is C38H24N2. The summed E-state index contributed by atoms with van der Waals surface area (Å²) < 4.78 is 4.93. The first-order valence-electron chi connectivity index (χ1n) is 13.8. The number of aromatic nitrogens is 2. The van der Waals surface area contributed by atoms with Crippen LogP contribution in [-0.4, -0.2) is 9.13 Å². The lowest BCUT2D eigenvalue weighted by atomic mass is 9.99. The van der Waals surface area contributed by atoms with Gasteiger partial charge in [-0.15, -0.1) is 0 Å². The van der Waals surface area contributed by atoms with Gasteiger partial charge in [-0.25, -0.2) is 0 Å². The molecule has 0 aliphatic carbocycles. The van der Waals surface area contributed by atoms with Gasteiger partial charge in [-0.3, -0.25) is 0 Å². The van der Waals surface area contributed by atoms with Crippen molar-refractivity contribution in [2.24, 2.45) is 0 Å². The lowest BCUT2D eigenvalue weighted by molar-refractivity contribution is 1.18. The topological polar surface area (TPSA) is 9.86 Å². The summed E-state index contributed by atoms with van der Waals surface area (Å²) in [7, 11) is 0. The van der Waals surface area contributed by atoms with Gasteiger partial charge in [0.2, 0.25) is 0 Å². The second-order valence-electron chi connectivity index (χ2n) is 10.6. The number of rotatable bonds is 2. The summed E-state index contributed by atoms with van der Waals surface area (Å²) in [6.45, 7) is 0. The SMILES string of the molecule is c1ccc(-n2c3ccccc3c3c4c5ccccc5n(-c5ccc6ccccc6c5)c4c4ccccc4c32)cc1. The Morgan fingerprint density at radius 1 is 0.325 bits per heavy atom. The van der Waals surface area contributed by atoms with E-state index in [0.29, 0.717) is 0 Å². The maximum Gasteiger partial charge on any atom is 0.0627 e. The first-order valence-corrected chi connectivity index (χ1v) is 13.8.